The third-order valence-electron chi connectivity index (χ3n) is 5.48. The molecule has 1 N–H and O–H groups in total. The van der Waals surface area contributed by atoms with E-state index in [1.807, 2.05) is 45.9 Å². The molecule has 0 saturated carbocycles. The second-order valence-corrected chi connectivity index (χ2v) is 10.5. The molecule has 1 atom stereocenters. The summed E-state index contributed by atoms with van der Waals surface area (Å²) >= 11 is 0. The number of nitrogens with one attached hydrogen (secondary N) is 1. The molecule has 0 bridgehead atoms. The number of nitrogens with zero attached hydrogens (tertiary/aromatic N) is 1. The molecule has 0 spiro atoms. The molecular formula is C23H30N2O5S. The predicted molar refractivity (Wildman–Crippen MR) is 121 cm³/mol. The Hall–Kier alpha value is -2.74. The topological polar surface area (TPSA) is 84.9 Å². The Morgan fingerprint density at radius 3 is 2.52 bits per heavy atom. The van der Waals surface area contributed by atoms with Gasteiger partial charge in [-0.2, -0.15) is 0 Å². The van der Waals surface area contributed by atoms with E-state index < -0.39 is 15.6 Å². The van der Waals surface area contributed by atoms with Gasteiger partial charge in [-0.05, 0) is 63.1 Å². The molecule has 2 aromatic carbocycles. The summed E-state index contributed by atoms with van der Waals surface area (Å²) in [5.74, 6) is 0.933. The summed E-state index contributed by atoms with van der Waals surface area (Å²) in [6.45, 7) is 7.47. The van der Waals surface area contributed by atoms with Gasteiger partial charge in [0.25, 0.3) is 0 Å². The van der Waals surface area contributed by atoms with E-state index in [0.29, 0.717) is 23.6 Å². The Balaban J connectivity index is 1.85. The van der Waals surface area contributed by atoms with Gasteiger partial charge in [-0.15, -0.1) is 0 Å². The van der Waals surface area contributed by atoms with Crippen LogP contribution in [0.2, 0.25) is 0 Å². The lowest BCUT2D eigenvalue weighted by Crippen LogP contribution is -2.45. The summed E-state index contributed by atoms with van der Waals surface area (Å²) in [4.78, 5) is 13.0. The molecule has 1 aliphatic rings. The SMILES string of the molecule is COc1ccc2c(c1)OC(C)(C)CC2NC(=O)CN(c1ccc(C)c(C)c1)S(C)(=O)=O. The van der Waals surface area contributed by atoms with Crippen molar-refractivity contribution in [3.05, 3.63) is 53.1 Å². The van der Waals surface area contributed by atoms with Crippen molar-refractivity contribution in [3.8, 4) is 11.5 Å². The van der Waals surface area contributed by atoms with Gasteiger partial charge < -0.3 is 14.8 Å². The van der Waals surface area contributed by atoms with Gasteiger partial charge in [-0.1, -0.05) is 6.07 Å². The fourth-order valence-corrected chi connectivity index (χ4v) is 4.59. The van der Waals surface area contributed by atoms with Gasteiger partial charge in [0.1, 0.15) is 23.6 Å². The molecule has 7 nitrogen and oxygen atoms in total. The number of carbonyl (C=O) groups excluding carboxylic acids is 1. The third kappa shape index (κ3) is 5.31. The first-order valence-corrected chi connectivity index (χ1v) is 12.0. The highest BCUT2D eigenvalue weighted by molar-refractivity contribution is 7.92. The summed E-state index contributed by atoms with van der Waals surface area (Å²) in [5, 5.41) is 3.00. The van der Waals surface area contributed by atoms with E-state index in [0.717, 1.165) is 27.3 Å². The van der Waals surface area contributed by atoms with E-state index in [9.17, 15) is 13.2 Å². The van der Waals surface area contributed by atoms with Crippen molar-refractivity contribution >= 4 is 21.6 Å². The number of anilines is 1. The number of methoxy groups -OCH3 is 1. The molecule has 1 unspecified atom stereocenters. The molecule has 2 aromatic rings. The summed E-state index contributed by atoms with van der Waals surface area (Å²) in [6.07, 6.45) is 1.66. The molecule has 3 rings (SSSR count). The van der Waals surface area contributed by atoms with Crippen molar-refractivity contribution in [1.29, 1.82) is 0 Å². The largest absolute Gasteiger partial charge is 0.497 e. The summed E-state index contributed by atoms with van der Waals surface area (Å²) in [6, 6.07) is 10.5. The summed E-state index contributed by atoms with van der Waals surface area (Å²) in [5.41, 5.74) is 2.82. The maximum atomic E-state index is 13.0. The van der Waals surface area contributed by atoms with Gasteiger partial charge in [0.2, 0.25) is 15.9 Å². The second-order valence-electron chi connectivity index (χ2n) is 8.63. The van der Waals surface area contributed by atoms with Crippen molar-refractivity contribution in [2.24, 2.45) is 0 Å². The number of rotatable bonds is 6. The lowest BCUT2D eigenvalue weighted by Gasteiger charge is -2.38. The highest BCUT2D eigenvalue weighted by atomic mass is 32.2. The fraction of sp³-hybridized carbons (Fsp3) is 0.435. The highest BCUT2D eigenvalue weighted by Gasteiger charge is 2.35. The predicted octanol–water partition coefficient (Wildman–Crippen LogP) is 3.50. The standard InChI is InChI=1S/C23H30N2O5S/c1-15-7-8-17(11-16(15)2)25(31(6,27)28)14-22(26)24-20-13-23(3,4)30-21-12-18(29-5)9-10-19(20)21/h7-12,20H,13-14H2,1-6H3,(H,24,26). The molecule has 1 amide bonds. The second kappa shape index (κ2) is 8.42. The number of benzene rings is 2. The normalized spacial score (nSPS) is 17.3. The average Bonchev–Trinajstić information content (AvgIpc) is 2.66. The summed E-state index contributed by atoms with van der Waals surface area (Å²) in [7, 11) is -2.06. The van der Waals surface area contributed by atoms with Gasteiger partial charge in [0, 0.05) is 18.1 Å². The maximum Gasteiger partial charge on any atom is 0.241 e. The Bertz CT molecular complexity index is 1100. The Morgan fingerprint density at radius 2 is 1.90 bits per heavy atom. The van der Waals surface area contributed by atoms with E-state index in [4.69, 9.17) is 9.47 Å². The van der Waals surface area contributed by atoms with Gasteiger partial charge in [0.05, 0.1) is 25.1 Å². The Kier molecular flexibility index (Phi) is 6.23. The minimum Gasteiger partial charge on any atom is -0.497 e. The quantitative estimate of drug-likeness (QED) is 0.734. The van der Waals surface area contributed by atoms with E-state index in [-0.39, 0.29) is 18.5 Å². The van der Waals surface area contributed by atoms with E-state index in [1.165, 1.54) is 0 Å². The lowest BCUT2D eigenvalue weighted by molar-refractivity contribution is -0.120. The smallest absolute Gasteiger partial charge is 0.241 e. The molecule has 0 aromatic heterocycles. The van der Waals surface area contributed by atoms with Gasteiger partial charge in [0.15, 0.2) is 0 Å². The molecule has 168 valence electrons. The van der Waals surface area contributed by atoms with Gasteiger partial charge in [-0.25, -0.2) is 8.42 Å². The molecular weight excluding hydrogens is 416 g/mol. The molecule has 31 heavy (non-hydrogen) atoms. The number of ether oxygens (including phenoxy) is 2. The molecule has 1 heterocycles. The first-order valence-electron chi connectivity index (χ1n) is 10.1. The Labute approximate surface area is 184 Å². The molecule has 0 fully saturated rings. The van der Waals surface area contributed by atoms with Crippen LogP contribution in [0.4, 0.5) is 5.69 Å². The van der Waals surface area contributed by atoms with Crippen LogP contribution in [0, 0.1) is 13.8 Å². The number of carbonyl (C=O) groups is 1. The van der Waals surface area contributed by atoms with Crippen molar-refractivity contribution in [2.75, 3.05) is 24.2 Å². The van der Waals surface area contributed by atoms with Crippen molar-refractivity contribution in [2.45, 2.75) is 45.8 Å². The number of aryl methyl sites for hydroxylation is 2. The van der Waals surface area contributed by atoms with Crippen LogP contribution in [0.15, 0.2) is 36.4 Å². The van der Waals surface area contributed by atoms with Crippen molar-refractivity contribution < 1.29 is 22.7 Å². The van der Waals surface area contributed by atoms with Crippen LogP contribution < -0.4 is 19.1 Å². The number of hydrogen-bond donors (Lipinski definition) is 1. The zero-order chi connectivity index (χ0) is 23.0. The molecule has 8 heteroatoms. The lowest BCUT2D eigenvalue weighted by atomic mass is 9.89. The first kappa shape index (κ1) is 22.9. The molecule has 0 saturated heterocycles. The fourth-order valence-electron chi connectivity index (χ4n) is 3.74. The van der Waals surface area contributed by atoms with Crippen LogP contribution in [0.3, 0.4) is 0 Å². The van der Waals surface area contributed by atoms with Crippen LogP contribution in [0.5, 0.6) is 11.5 Å². The van der Waals surface area contributed by atoms with Gasteiger partial charge in [-0.3, -0.25) is 9.10 Å². The average molecular weight is 447 g/mol. The first-order chi connectivity index (χ1) is 14.4. The van der Waals surface area contributed by atoms with Crippen LogP contribution in [-0.4, -0.2) is 39.8 Å². The van der Waals surface area contributed by atoms with Crippen LogP contribution in [-0.2, 0) is 14.8 Å². The number of sulfonamides is 1. The number of fused-ring (bicyclic) bond motifs is 1. The Morgan fingerprint density at radius 1 is 1.19 bits per heavy atom. The minimum absolute atomic E-state index is 0.301. The zero-order valence-corrected chi connectivity index (χ0v) is 19.7. The van der Waals surface area contributed by atoms with E-state index in [2.05, 4.69) is 5.32 Å². The molecule has 0 aliphatic carbocycles. The van der Waals surface area contributed by atoms with Crippen molar-refractivity contribution in [1.82, 2.24) is 5.32 Å². The molecule has 1 aliphatic heterocycles. The van der Waals surface area contributed by atoms with Crippen molar-refractivity contribution in [3.63, 3.8) is 0 Å². The zero-order valence-electron chi connectivity index (χ0n) is 18.9. The third-order valence-corrected chi connectivity index (χ3v) is 6.62. The van der Waals surface area contributed by atoms with Crippen LogP contribution in [0.25, 0.3) is 0 Å². The van der Waals surface area contributed by atoms with E-state index >= 15 is 0 Å². The van der Waals surface area contributed by atoms with Crippen LogP contribution in [0.1, 0.15) is 43.0 Å². The molecule has 0 radical (unpaired) electrons. The van der Waals surface area contributed by atoms with E-state index in [1.54, 1.807) is 25.3 Å². The maximum absolute atomic E-state index is 13.0. The van der Waals surface area contributed by atoms with Crippen LogP contribution >= 0.6 is 0 Å². The number of hydrogen-bond acceptors (Lipinski definition) is 5. The van der Waals surface area contributed by atoms with Gasteiger partial charge >= 0.3 is 0 Å². The minimum atomic E-state index is -3.64. The highest BCUT2D eigenvalue weighted by Crippen LogP contribution is 2.41. The monoisotopic (exact) mass is 446 g/mol. The summed E-state index contributed by atoms with van der Waals surface area (Å²) < 4.78 is 37.4. The number of amides is 1.